The van der Waals surface area contributed by atoms with E-state index >= 15 is 0 Å². The van der Waals surface area contributed by atoms with Gasteiger partial charge in [-0.25, -0.2) is 4.79 Å². The number of imide groups is 1. The highest BCUT2D eigenvalue weighted by Gasteiger charge is 2.55. The second-order valence-electron chi connectivity index (χ2n) is 7.65. The molecule has 7 heteroatoms. The molecule has 0 bridgehead atoms. The molecule has 4 amide bonds. The Morgan fingerprint density at radius 3 is 2.38 bits per heavy atom. The molecule has 1 spiro atoms. The predicted octanol–water partition coefficient (Wildman–Crippen LogP) is 1.07. The molecule has 2 fully saturated rings. The summed E-state index contributed by atoms with van der Waals surface area (Å²) in [6.07, 6.45) is 4.31. The van der Waals surface area contributed by atoms with Gasteiger partial charge in [0, 0.05) is 13.6 Å². The van der Waals surface area contributed by atoms with Crippen LogP contribution in [0.5, 0.6) is 0 Å². The van der Waals surface area contributed by atoms with E-state index in [0.29, 0.717) is 19.4 Å². The van der Waals surface area contributed by atoms with Crippen molar-refractivity contribution in [1.82, 2.24) is 15.1 Å². The lowest BCUT2D eigenvalue weighted by Crippen LogP contribution is -2.57. The molecule has 136 valence electrons. The number of carbonyl (C=O) groups is 3. The van der Waals surface area contributed by atoms with Crippen LogP contribution in [0, 0.1) is 5.92 Å². The molecular formula is C17H30N4O3. The first-order valence-electron chi connectivity index (χ1n) is 8.79. The van der Waals surface area contributed by atoms with E-state index in [1.807, 2.05) is 20.8 Å². The molecule has 0 radical (unpaired) electrons. The van der Waals surface area contributed by atoms with Crippen molar-refractivity contribution >= 4 is 17.8 Å². The predicted molar refractivity (Wildman–Crippen MR) is 91.1 cm³/mol. The van der Waals surface area contributed by atoms with Crippen LogP contribution in [0.15, 0.2) is 0 Å². The fourth-order valence-corrected chi connectivity index (χ4v) is 3.60. The molecule has 24 heavy (non-hydrogen) atoms. The second-order valence-corrected chi connectivity index (χ2v) is 7.65. The average Bonchev–Trinajstić information content (AvgIpc) is 2.71. The van der Waals surface area contributed by atoms with Crippen LogP contribution < -0.4 is 11.1 Å². The van der Waals surface area contributed by atoms with Gasteiger partial charge in [0.25, 0.3) is 5.91 Å². The van der Waals surface area contributed by atoms with Crippen LogP contribution in [-0.4, -0.2) is 58.9 Å². The zero-order chi connectivity index (χ0) is 18.1. The first kappa shape index (κ1) is 18.7. The molecule has 1 heterocycles. The molecular weight excluding hydrogens is 308 g/mol. The van der Waals surface area contributed by atoms with E-state index < -0.39 is 11.1 Å². The molecule has 1 aliphatic carbocycles. The SMILES string of the molecule is CC(C)C(C)(CN)NC(=O)CN1C(=O)N(C)C2(CCCCC2)C1=O. The van der Waals surface area contributed by atoms with Crippen molar-refractivity contribution in [2.24, 2.45) is 11.7 Å². The number of amides is 4. The number of nitrogens with two attached hydrogens (primary N) is 1. The van der Waals surface area contributed by atoms with Crippen molar-refractivity contribution in [2.75, 3.05) is 20.1 Å². The first-order chi connectivity index (χ1) is 11.2. The molecule has 1 atom stereocenters. The smallest absolute Gasteiger partial charge is 0.327 e. The quantitative estimate of drug-likeness (QED) is 0.733. The van der Waals surface area contributed by atoms with Gasteiger partial charge < -0.3 is 16.0 Å². The molecule has 0 aromatic carbocycles. The van der Waals surface area contributed by atoms with Crippen LogP contribution in [0.2, 0.25) is 0 Å². The van der Waals surface area contributed by atoms with Crippen LogP contribution in [-0.2, 0) is 9.59 Å². The number of carbonyl (C=O) groups excluding carboxylic acids is 3. The summed E-state index contributed by atoms with van der Waals surface area (Å²) in [5.74, 6) is -0.438. The monoisotopic (exact) mass is 338 g/mol. The topological polar surface area (TPSA) is 95.7 Å². The number of nitrogens with zero attached hydrogens (tertiary/aromatic N) is 2. The van der Waals surface area contributed by atoms with Gasteiger partial charge in [-0.3, -0.25) is 14.5 Å². The molecule has 0 aromatic heterocycles. The van der Waals surface area contributed by atoms with Crippen LogP contribution in [0.1, 0.15) is 52.9 Å². The minimum Gasteiger partial charge on any atom is -0.348 e. The number of hydrogen-bond donors (Lipinski definition) is 2. The van der Waals surface area contributed by atoms with Crippen LogP contribution in [0.3, 0.4) is 0 Å². The summed E-state index contributed by atoms with van der Waals surface area (Å²) in [4.78, 5) is 40.4. The Morgan fingerprint density at radius 2 is 1.88 bits per heavy atom. The van der Waals surface area contributed by atoms with E-state index in [1.54, 1.807) is 7.05 Å². The molecule has 7 nitrogen and oxygen atoms in total. The van der Waals surface area contributed by atoms with Crippen molar-refractivity contribution in [2.45, 2.75) is 64.0 Å². The van der Waals surface area contributed by atoms with Gasteiger partial charge in [-0.2, -0.15) is 0 Å². The summed E-state index contributed by atoms with van der Waals surface area (Å²) < 4.78 is 0. The molecule has 1 aliphatic heterocycles. The van der Waals surface area contributed by atoms with Crippen molar-refractivity contribution in [1.29, 1.82) is 0 Å². The van der Waals surface area contributed by atoms with Crippen molar-refractivity contribution in [3.63, 3.8) is 0 Å². The van der Waals surface area contributed by atoms with E-state index in [0.717, 1.165) is 24.2 Å². The van der Waals surface area contributed by atoms with Crippen molar-refractivity contribution in [3.8, 4) is 0 Å². The fraction of sp³-hybridized carbons (Fsp3) is 0.824. The first-order valence-corrected chi connectivity index (χ1v) is 8.79. The maximum absolute atomic E-state index is 12.9. The normalized spacial score (nSPS) is 23.1. The Kier molecular flexibility index (Phi) is 5.22. The average molecular weight is 338 g/mol. The summed E-state index contributed by atoms with van der Waals surface area (Å²) in [6, 6.07) is -0.379. The highest BCUT2D eigenvalue weighted by atomic mass is 16.2. The molecule has 1 saturated carbocycles. The second kappa shape index (κ2) is 6.70. The number of rotatable bonds is 5. The van der Waals surface area contributed by atoms with E-state index in [2.05, 4.69) is 5.32 Å². The summed E-state index contributed by atoms with van der Waals surface area (Å²) in [6.45, 7) is 5.88. The van der Waals surface area contributed by atoms with Crippen molar-refractivity contribution < 1.29 is 14.4 Å². The standard InChI is InChI=1S/C17H30N4O3/c1-12(2)16(3,11-18)19-13(22)10-21-14(23)17(20(4)15(21)24)8-6-5-7-9-17/h12H,5-11,18H2,1-4H3,(H,19,22). The largest absolute Gasteiger partial charge is 0.348 e. The van der Waals surface area contributed by atoms with Crippen LogP contribution in [0.25, 0.3) is 0 Å². The molecule has 3 N–H and O–H groups in total. The van der Waals surface area contributed by atoms with Gasteiger partial charge in [0.05, 0.1) is 5.54 Å². The fourth-order valence-electron chi connectivity index (χ4n) is 3.60. The lowest BCUT2D eigenvalue weighted by molar-refractivity contribution is -0.137. The third-order valence-corrected chi connectivity index (χ3v) is 5.91. The van der Waals surface area contributed by atoms with Gasteiger partial charge in [-0.05, 0) is 25.7 Å². The van der Waals surface area contributed by atoms with Crippen molar-refractivity contribution in [3.05, 3.63) is 0 Å². The van der Waals surface area contributed by atoms with Crippen LogP contribution >= 0.6 is 0 Å². The zero-order valence-electron chi connectivity index (χ0n) is 15.2. The maximum Gasteiger partial charge on any atom is 0.327 e. The van der Waals surface area contributed by atoms with E-state index in [-0.39, 0.29) is 30.3 Å². The molecule has 2 rings (SSSR count). The number of likely N-dealkylation sites (N-methyl/N-ethyl adjacent to an activating group) is 1. The maximum atomic E-state index is 12.9. The lowest BCUT2D eigenvalue weighted by Gasteiger charge is -2.36. The minimum absolute atomic E-state index is 0.142. The molecule has 1 unspecified atom stereocenters. The summed E-state index contributed by atoms with van der Waals surface area (Å²) >= 11 is 0. The lowest BCUT2D eigenvalue weighted by atomic mass is 9.81. The molecule has 0 aromatic rings. The van der Waals surface area contributed by atoms with Gasteiger partial charge >= 0.3 is 6.03 Å². The van der Waals surface area contributed by atoms with Gasteiger partial charge in [0.2, 0.25) is 5.91 Å². The summed E-state index contributed by atoms with van der Waals surface area (Å²) in [5.41, 5.74) is 4.48. The Bertz CT molecular complexity index is 528. The zero-order valence-corrected chi connectivity index (χ0v) is 15.2. The Labute approximate surface area is 143 Å². The Balaban J connectivity index is 2.11. The molecule has 1 saturated heterocycles. The Hall–Kier alpha value is -1.63. The minimum atomic E-state index is -0.745. The third-order valence-electron chi connectivity index (χ3n) is 5.91. The highest BCUT2D eigenvalue weighted by Crippen LogP contribution is 2.39. The van der Waals surface area contributed by atoms with E-state index in [9.17, 15) is 14.4 Å². The number of hydrogen-bond acceptors (Lipinski definition) is 4. The number of nitrogens with one attached hydrogen (secondary N) is 1. The summed E-state index contributed by atoms with van der Waals surface area (Å²) in [7, 11) is 1.67. The van der Waals surface area contributed by atoms with E-state index in [4.69, 9.17) is 5.73 Å². The van der Waals surface area contributed by atoms with Gasteiger partial charge in [0.15, 0.2) is 0 Å². The van der Waals surface area contributed by atoms with Gasteiger partial charge in [0.1, 0.15) is 12.1 Å². The highest BCUT2D eigenvalue weighted by molar-refractivity contribution is 6.09. The molecule has 2 aliphatic rings. The summed E-state index contributed by atoms with van der Waals surface area (Å²) in [5, 5.41) is 2.89. The van der Waals surface area contributed by atoms with Gasteiger partial charge in [-0.15, -0.1) is 0 Å². The Morgan fingerprint density at radius 1 is 1.29 bits per heavy atom. The van der Waals surface area contributed by atoms with Gasteiger partial charge in [-0.1, -0.05) is 33.1 Å². The van der Waals surface area contributed by atoms with Crippen LogP contribution in [0.4, 0.5) is 4.79 Å². The third kappa shape index (κ3) is 3.01. The number of urea groups is 1. The van der Waals surface area contributed by atoms with E-state index in [1.165, 1.54) is 4.90 Å².